The minimum atomic E-state index is -0.175. The van der Waals surface area contributed by atoms with E-state index in [4.69, 9.17) is 23.2 Å². The standard InChI is InChI=1S/C21H24Cl2N2O2.ClH/c1-24(2)12-15-10-14(11-16(21(15)27)13-25(3)4)20(26)9-8-17-18(22)6-5-7-19(17)23;/h5-11,27H,12-13H2,1-4H3;1H/b9-8+;. The van der Waals surface area contributed by atoms with E-state index in [1.165, 1.54) is 6.08 Å². The Morgan fingerprint density at radius 1 is 1.00 bits per heavy atom. The molecule has 0 aliphatic rings. The van der Waals surface area contributed by atoms with Crippen LogP contribution in [0.15, 0.2) is 36.4 Å². The van der Waals surface area contributed by atoms with E-state index in [2.05, 4.69) is 0 Å². The number of nitrogens with zero attached hydrogens (tertiary/aromatic N) is 2. The fourth-order valence-electron chi connectivity index (χ4n) is 2.75. The Balaban J connectivity index is 0.00000392. The first-order valence-electron chi connectivity index (χ1n) is 8.49. The summed E-state index contributed by atoms with van der Waals surface area (Å²) < 4.78 is 0. The van der Waals surface area contributed by atoms with Crippen molar-refractivity contribution < 1.29 is 9.90 Å². The van der Waals surface area contributed by atoms with Crippen LogP contribution in [-0.4, -0.2) is 48.9 Å². The highest BCUT2D eigenvalue weighted by atomic mass is 35.5. The Morgan fingerprint density at radius 3 is 1.89 bits per heavy atom. The first-order chi connectivity index (χ1) is 12.7. The van der Waals surface area contributed by atoms with Gasteiger partial charge in [-0.05, 0) is 64.6 Å². The van der Waals surface area contributed by atoms with Crippen LogP contribution < -0.4 is 0 Å². The van der Waals surface area contributed by atoms with E-state index in [0.29, 0.717) is 45.4 Å². The molecule has 0 saturated heterocycles. The molecule has 0 amide bonds. The van der Waals surface area contributed by atoms with Gasteiger partial charge in [0.05, 0.1) is 0 Å². The molecule has 0 atom stereocenters. The maximum Gasteiger partial charge on any atom is 0.185 e. The van der Waals surface area contributed by atoms with Gasteiger partial charge in [-0.1, -0.05) is 29.3 Å². The lowest BCUT2D eigenvalue weighted by Gasteiger charge is -2.17. The number of hydrogen-bond acceptors (Lipinski definition) is 4. The highest BCUT2D eigenvalue weighted by molar-refractivity contribution is 6.37. The molecule has 0 aliphatic carbocycles. The molecule has 7 heteroatoms. The van der Waals surface area contributed by atoms with Crippen LogP contribution in [0.25, 0.3) is 6.08 Å². The average Bonchev–Trinajstić information content (AvgIpc) is 2.56. The van der Waals surface area contributed by atoms with Gasteiger partial charge in [0, 0.05) is 45.4 Å². The number of allylic oxidation sites excluding steroid dienone is 1. The van der Waals surface area contributed by atoms with E-state index in [1.807, 2.05) is 38.0 Å². The first kappa shape index (κ1) is 24.5. The molecule has 152 valence electrons. The molecule has 2 aromatic carbocycles. The molecule has 0 radical (unpaired) electrons. The van der Waals surface area contributed by atoms with Crippen molar-refractivity contribution in [1.29, 1.82) is 0 Å². The Bertz CT molecular complexity index is 813. The van der Waals surface area contributed by atoms with E-state index >= 15 is 0 Å². The SMILES string of the molecule is CN(C)Cc1cc(C(=O)/C=C/c2c(Cl)cccc2Cl)cc(CN(C)C)c1O.Cl. The lowest BCUT2D eigenvalue weighted by atomic mass is 10.00. The van der Waals surface area contributed by atoms with Gasteiger partial charge in [0.15, 0.2) is 5.78 Å². The van der Waals surface area contributed by atoms with Crippen molar-refractivity contribution >= 4 is 47.5 Å². The van der Waals surface area contributed by atoms with Crippen LogP contribution in [0.2, 0.25) is 10.0 Å². The van der Waals surface area contributed by atoms with Crippen LogP contribution in [-0.2, 0) is 13.1 Å². The number of phenols is 1. The first-order valence-corrected chi connectivity index (χ1v) is 9.25. The Morgan fingerprint density at radius 2 is 1.46 bits per heavy atom. The van der Waals surface area contributed by atoms with Gasteiger partial charge in [0.1, 0.15) is 5.75 Å². The summed E-state index contributed by atoms with van der Waals surface area (Å²) in [5.41, 5.74) is 2.55. The highest BCUT2D eigenvalue weighted by Crippen LogP contribution is 2.28. The quantitative estimate of drug-likeness (QED) is 0.475. The molecule has 0 spiro atoms. The van der Waals surface area contributed by atoms with Crippen molar-refractivity contribution in [2.24, 2.45) is 0 Å². The normalized spacial score (nSPS) is 11.3. The molecule has 1 N–H and O–H groups in total. The second-order valence-corrected chi connectivity index (χ2v) is 7.77. The number of halogens is 3. The topological polar surface area (TPSA) is 43.8 Å². The monoisotopic (exact) mass is 442 g/mol. The predicted octanol–water partition coefficient (Wildman–Crippen LogP) is 5.14. The summed E-state index contributed by atoms with van der Waals surface area (Å²) in [6, 6.07) is 8.67. The third kappa shape index (κ3) is 6.50. The molecular weight excluding hydrogens is 419 g/mol. The van der Waals surface area contributed by atoms with Gasteiger partial charge in [-0.2, -0.15) is 0 Å². The molecule has 0 aromatic heterocycles. The molecule has 0 heterocycles. The lowest BCUT2D eigenvalue weighted by molar-refractivity contribution is 0.104. The van der Waals surface area contributed by atoms with Crippen molar-refractivity contribution in [3.05, 3.63) is 68.7 Å². The van der Waals surface area contributed by atoms with Crippen LogP contribution >= 0.6 is 35.6 Å². The number of aromatic hydroxyl groups is 1. The van der Waals surface area contributed by atoms with E-state index in [0.717, 1.165) is 0 Å². The fourth-order valence-corrected chi connectivity index (χ4v) is 3.27. The van der Waals surface area contributed by atoms with Crippen LogP contribution in [0, 0.1) is 0 Å². The van der Waals surface area contributed by atoms with Crippen molar-refractivity contribution in [2.45, 2.75) is 13.1 Å². The molecule has 0 fully saturated rings. The summed E-state index contributed by atoms with van der Waals surface area (Å²) in [6.45, 7) is 1.07. The van der Waals surface area contributed by atoms with E-state index in [-0.39, 0.29) is 23.9 Å². The summed E-state index contributed by atoms with van der Waals surface area (Å²) in [5.74, 6) is 0.0538. The molecule has 0 bridgehead atoms. The van der Waals surface area contributed by atoms with Gasteiger partial charge in [-0.15, -0.1) is 12.4 Å². The van der Waals surface area contributed by atoms with Gasteiger partial charge in [-0.3, -0.25) is 4.79 Å². The zero-order valence-corrected chi connectivity index (χ0v) is 18.7. The summed E-state index contributed by atoms with van der Waals surface area (Å²) in [5, 5.41) is 11.5. The maximum absolute atomic E-state index is 12.7. The third-order valence-corrected chi connectivity index (χ3v) is 4.59. The second kappa shape index (κ2) is 10.8. The molecule has 0 saturated carbocycles. The Kier molecular flexibility index (Phi) is 9.48. The van der Waals surface area contributed by atoms with E-state index in [9.17, 15) is 9.90 Å². The number of phenolic OH excluding ortho intramolecular Hbond substituents is 1. The number of rotatable bonds is 7. The van der Waals surface area contributed by atoms with Gasteiger partial charge in [-0.25, -0.2) is 0 Å². The number of carbonyl (C=O) groups is 1. The van der Waals surface area contributed by atoms with Crippen molar-refractivity contribution in [3.63, 3.8) is 0 Å². The minimum absolute atomic E-state index is 0. The summed E-state index contributed by atoms with van der Waals surface area (Å²) in [4.78, 5) is 16.6. The predicted molar refractivity (Wildman–Crippen MR) is 120 cm³/mol. The highest BCUT2D eigenvalue weighted by Gasteiger charge is 2.15. The molecule has 0 aliphatic heterocycles. The fraction of sp³-hybridized carbons (Fsp3) is 0.286. The van der Waals surface area contributed by atoms with E-state index < -0.39 is 0 Å². The van der Waals surface area contributed by atoms with E-state index in [1.54, 1.807) is 36.4 Å². The number of ketones is 1. The number of benzene rings is 2. The van der Waals surface area contributed by atoms with Crippen LogP contribution in [0.3, 0.4) is 0 Å². The lowest BCUT2D eigenvalue weighted by Crippen LogP contribution is -2.15. The third-order valence-electron chi connectivity index (χ3n) is 3.93. The second-order valence-electron chi connectivity index (χ2n) is 6.95. The van der Waals surface area contributed by atoms with Gasteiger partial charge >= 0.3 is 0 Å². The summed E-state index contributed by atoms with van der Waals surface area (Å²) in [6.07, 6.45) is 3.08. The molecular formula is C21H25Cl3N2O2. The average molecular weight is 444 g/mol. The Hall–Kier alpha value is -1.56. The molecule has 28 heavy (non-hydrogen) atoms. The van der Waals surface area contributed by atoms with Crippen LogP contribution in [0.4, 0.5) is 0 Å². The molecule has 4 nitrogen and oxygen atoms in total. The zero-order chi connectivity index (χ0) is 20.1. The number of carbonyl (C=O) groups excluding carboxylic acids is 1. The molecule has 2 aromatic rings. The largest absolute Gasteiger partial charge is 0.507 e. The van der Waals surface area contributed by atoms with Gasteiger partial charge < -0.3 is 14.9 Å². The number of hydrogen-bond donors (Lipinski definition) is 1. The zero-order valence-electron chi connectivity index (χ0n) is 16.4. The summed E-state index contributed by atoms with van der Waals surface area (Å²) >= 11 is 12.3. The van der Waals surface area contributed by atoms with Gasteiger partial charge in [0.2, 0.25) is 0 Å². The van der Waals surface area contributed by atoms with Crippen molar-refractivity contribution in [1.82, 2.24) is 9.80 Å². The molecule has 2 rings (SSSR count). The minimum Gasteiger partial charge on any atom is -0.507 e. The Labute approximate surface area is 182 Å². The van der Waals surface area contributed by atoms with Gasteiger partial charge in [0.25, 0.3) is 0 Å². The van der Waals surface area contributed by atoms with Crippen LogP contribution in [0.1, 0.15) is 27.0 Å². The van der Waals surface area contributed by atoms with Crippen molar-refractivity contribution in [2.75, 3.05) is 28.2 Å². The maximum atomic E-state index is 12.7. The summed E-state index contributed by atoms with van der Waals surface area (Å²) in [7, 11) is 7.66. The van der Waals surface area contributed by atoms with Crippen molar-refractivity contribution in [3.8, 4) is 5.75 Å². The smallest absolute Gasteiger partial charge is 0.185 e. The molecule has 0 unspecified atom stereocenters. The van der Waals surface area contributed by atoms with Crippen LogP contribution in [0.5, 0.6) is 5.75 Å².